The average molecular weight is 391 g/mol. The monoisotopic (exact) mass is 390 g/mol. The quantitative estimate of drug-likeness (QED) is 0.620. The van der Waals surface area contributed by atoms with Crippen LogP contribution in [0, 0.1) is 6.92 Å². The van der Waals surface area contributed by atoms with Gasteiger partial charge < -0.3 is 9.73 Å². The van der Waals surface area contributed by atoms with Gasteiger partial charge in [-0.15, -0.1) is 10.2 Å². The molecule has 1 N–H and O–H groups in total. The van der Waals surface area contributed by atoms with Gasteiger partial charge in [-0.1, -0.05) is 29.4 Å². The number of nitrogens with one attached hydrogen (secondary N) is 1. The molecule has 136 valence electrons. The van der Waals surface area contributed by atoms with Gasteiger partial charge in [0.05, 0.1) is 11.5 Å². The number of benzene rings is 1. The van der Waals surface area contributed by atoms with E-state index in [-0.39, 0.29) is 11.2 Å². The summed E-state index contributed by atoms with van der Waals surface area (Å²) >= 11 is 7.46. The van der Waals surface area contributed by atoms with Gasteiger partial charge in [0.15, 0.2) is 16.7 Å². The van der Waals surface area contributed by atoms with Crippen LogP contribution >= 0.6 is 23.4 Å². The highest BCUT2D eigenvalue weighted by atomic mass is 35.5. The minimum Gasteiger partial charge on any atom is -0.461 e. The Labute approximate surface area is 160 Å². The summed E-state index contributed by atoms with van der Waals surface area (Å²) < 4.78 is 7.34. The molecule has 0 bridgehead atoms. The Morgan fingerprint density at radius 1 is 1.35 bits per heavy atom. The molecule has 0 aliphatic heterocycles. The second-order valence-electron chi connectivity index (χ2n) is 5.69. The predicted molar refractivity (Wildman–Crippen MR) is 104 cm³/mol. The SMILES string of the molecule is CCn1c(SC(C)C(=O)Nc2cccc(Cl)c2C)nnc1-c1ccco1. The van der Waals surface area contributed by atoms with Gasteiger partial charge in [-0.05, 0) is 50.6 Å². The maximum atomic E-state index is 12.6. The molecular formula is C18H19ClN4O2S. The predicted octanol–water partition coefficient (Wildman–Crippen LogP) is 4.64. The lowest BCUT2D eigenvalue weighted by Gasteiger charge is -2.14. The van der Waals surface area contributed by atoms with Crippen LogP contribution < -0.4 is 5.32 Å². The molecule has 1 amide bonds. The maximum Gasteiger partial charge on any atom is 0.237 e. The lowest BCUT2D eigenvalue weighted by molar-refractivity contribution is -0.115. The molecular weight excluding hydrogens is 372 g/mol. The summed E-state index contributed by atoms with van der Waals surface area (Å²) in [6.45, 7) is 6.38. The molecule has 2 aromatic heterocycles. The minimum atomic E-state index is -0.354. The number of amides is 1. The molecule has 6 nitrogen and oxygen atoms in total. The summed E-state index contributed by atoms with van der Waals surface area (Å²) in [6, 6.07) is 9.08. The highest BCUT2D eigenvalue weighted by Gasteiger charge is 2.21. The van der Waals surface area contributed by atoms with E-state index < -0.39 is 0 Å². The molecule has 1 unspecified atom stereocenters. The van der Waals surface area contributed by atoms with Gasteiger partial charge >= 0.3 is 0 Å². The number of carbonyl (C=O) groups excluding carboxylic acids is 1. The summed E-state index contributed by atoms with van der Waals surface area (Å²) in [6.07, 6.45) is 1.60. The van der Waals surface area contributed by atoms with Crippen molar-refractivity contribution in [2.24, 2.45) is 0 Å². The van der Waals surface area contributed by atoms with Gasteiger partial charge in [-0.25, -0.2) is 0 Å². The van der Waals surface area contributed by atoms with E-state index in [1.807, 2.05) is 43.5 Å². The molecule has 0 aliphatic rings. The summed E-state index contributed by atoms with van der Waals surface area (Å²) in [5, 5.41) is 12.3. The van der Waals surface area contributed by atoms with E-state index in [9.17, 15) is 4.79 Å². The summed E-state index contributed by atoms with van der Waals surface area (Å²) in [7, 11) is 0. The fourth-order valence-corrected chi connectivity index (χ4v) is 3.53. The third-order valence-corrected chi connectivity index (χ3v) is 5.44. The zero-order valence-corrected chi connectivity index (χ0v) is 16.3. The number of nitrogens with zero attached hydrogens (tertiary/aromatic N) is 3. The van der Waals surface area contributed by atoms with Crippen LogP contribution in [0.4, 0.5) is 5.69 Å². The largest absolute Gasteiger partial charge is 0.461 e. The fourth-order valence-electron chi connectivity index (χ4n) is 2.44. The Morgan fingerprint density at radius 3 is 2.85 bits per heavy atom. The molecule has 2 heterocycles. The first-order valence-electron chi connectivity index (χ1n) is 8.21. The number of thioether (sulfide) groups is 1. The molecule has 3 rings (SSSR count). The Hall–Kier alpha value is -2.25. The number of hydrogen-bond donors (Lipinski definition) is 1. The van der Waals surface area contributed by atoms with E-state index in [0.29, 0.717) is 34.0 Å². The van der Waals surface area contributed by atoms with Gasteiger partial charge in [0.25, 0.3) is 0 Å². The smallest absolute Gasteiger partial charge is 0.237 e. The molecule has 0 fully saturated rings. The Morgan fingerprint density at radius 2 is 2.15 bits per heavy atom. The lowest BCUT2D eigenvalue weighted by atomic mass is 10.2. The van der Waals surface area contributed by atoms with Gasteiger partial charge in [-0.2, -0.15) is 0 Å². The van der Waals surface area contributed by atoms with Crippen LogP contribution in [0.5, 0.6) is 0 Å². The molecule has 8 heteroatoms. The first kappa shape index (κ1) is 18.5. The zero-order valence-electron chi connectivity index (χ0n) is 14.7. The molecule has 0 saturated carbocycles. The highest BCUT2D eigenvalue weighted by molar-refractivity contribution is 8.00. The number of halogens is 1. The molecule has 1 atom stereocenters. The van der Waals surface area contributed by atoms with Crippen LogP contribution in [0.15, 0.2) is 46.2 Å². The summed E-state index contributed by atoms with van der Waals surface area (Å²) in [5.41, 5.74) is 1.56. The van der Waals surface area contributed by atoms with Crippen molar-refractivity contribution < 1.29 is 9.21 Å². The first-order valence-corrected chi connectivity index (χ1v) is 9.46. The number of carbonyl (C=O) groups is 1. The van der Waals surface area contributed by atoms with Gasteiger partial charge in [0, 0.05) is 17.3 Å². The van der Waals surface area contributed by atoms with Crippen molar-refractivity contribution in [1.82, 2.24) is 14.8 Å². The Kier molecular flexibility index (Phi) is 5.68. The van der Waals surface area contributed by atoms with Crippen LogP contribution in [0.1, 0.15) is 19.4 Å². The zero-order chi connectivity index (χ0) is 18.7. The minimum absolute atomic E-state index is 0.120. The highest BCUT2D eigenvalue weighted by Crippen LogP contribution is 2.28. The van der Waals surface area contributed by atoms with Crippen molar-refractivity contribution in [3.8, 4) is 11.6 Å². The van der Waals surface area contributed by atoms with Crippen LogP contribution in [-0.2, 0) is 11.3 Å². The van der Waals surface area contributed by atoms with Crippen LogP contribution in [0.3, 0.4) is 0 Å². The summed E-state index contributed by atoms with van der Waals surface area (Å²) in [5.74, 6) is 1.18. The summed E-state index contributed by atoms with van der Waals surface area (Å²) in [4.78, 5) is 12.6. The molecule has 26 heavy (non-hydrogen) atoms. The molecule has 0 radical (unpaired) electrons. The second-order valence-corrected chi connectivity index (χ2v) is 7.40. The number of anilines is 1. The standard InChI is InChI=1S/C18H19ClN4O2S/c1-4-23-16(15-9-6-10-25-15)21-22-18(23)26-12(3)17(24)20-14-8-5-7-13(19)11(14)2/h5-10,12H,4H2,1-3H3,(H,20,24). The van der Waals surface area contributed by atoms with Gasteiger partial charge in [0.1, 0.15) is 0 Å². The van der Waals surface area contributed by atoms with E-state index >= 15 is 0 Å². The van der Waals surface area contributed by atoms with Crippen molar-refractivity contribution in [2.45, 2.75) is 37.7 Å². The number of rotatable bonds is 6. The Balaban J connectivity index is 1.74. The average Bonchev–Trinajstić information content (AvgIpc) is 3.28. The number of furan rings is 1. The van der Waals surface area contributed by atoms with Gasteiger partial charge in [0.2, 0.25) is 5.91 Å². The van der Waals surface area contributed by atoms with Crippen LogP contribution in [0.2, 0.25) is 5.02 Å². The molecule has 0 aliphatic carbocycles. The van der Waals surface area contributed by atoms with Crippen molar-refractivity contribution in [2.75, 3.05) is 5.32 Å². The topological polar surface area (TPSA) is 73.0 Å². The molecule has 0 saturated heterocycles. The normalized spacial score (nSPS) is 12.2. The van der Waals surface area contributed by atoms with Crippen molar-refractivity contribution in [3.63, 3.8) is 0 Å². The van der Waals surface area contributed by atoms with Crippen molar-refractivity contribution >= 4 is 35.0 Å². The van der Waals surface area contributed by atoms with Crippen LogP contribution in [-0.4, -0.2) is 25.9 Å². The van der Waals surface area contributed by atoms with Gasteiger partial charge in [-0.3, -0.25) is 9.36 Å². The fraction of sp³-hybridized carbons (Fsp3) is 0.278. The van der Waals surface area contributed by atoms with E-state index in [4.69, 9.17) is 16.0 Å². The van der Waals surface area contributed by atoms with E-state index in [1.165, 1.54) is 11.8 Å². The van der Waals surface area contributed by atoms with Crippen molar-refractivity contribution in [3.05, 3.63) is 47.2 Å². The molecule has 1 aromatic carbocycles. The first-order chi connectivity index (χ1) is 12.5. The molecule has 3 aromatic rings. The number of hydrogen-bond acceptors (Lipinski definition) is 5. The maximum absolute atomic E-state index is 12.6. The lowest BCUT2D eigenvalue weighted by Crippen LogP contribution is -2.23. The Bertz CT molecular complexity index is 908. The third kappa shape index (κ3) is 3.78. The third-order valence-electron chi connectivity index (χ3n) is 3.95. The molecule has 0 spiro atoms. The van der Waals surface area contributed by atoms with E-state index in [2.05, 4.69) is 15.5 Å². The van der Waals surface area contributed by atoms with Crippen LogP contribution in [0.25, 0.3) is 11.6 Å². The van der Waals surface area contributed by atoms with E-state index in [1.54, 1.807) is 18.4 Å². The van der Waals surface area contributed by atoms with Crippen molar-refractivity contribution in [1.29, 1.82) is 0 Å². The number of aromatic nitrogens is 3. The second kappa shape index (κ2) is 7.97. The van der Waals surface area contributed by atoms with E-state index in [0.717, 1.165) is 5.56 Å².